The van der Waals surface area contributed by atoms with Crippen molar-refractivity contribution in [2.45, 2.75) is 6.17 Å². The van der Waals surface area contributed by atoms with Crippen molar-refractivity contribution >= 4 is 28.9 Å². The van der Waals surface area contributed by atoms with Crippen molar-refractivity contribution in [1.29, 1.82) is 0 Å². The van der Waals surface area contributed by atoms with Gasteiger partial charge in [0.25, 0.3) is 11.8 Å². The van der Waals surface area contributed by atoms with Crippen molar-refractivity contribution in [2.24, 2.45) is 4.99 Å². The molecule has 1 aliphatic rings. The summed E-state index contributed by atoms with van der Waals surface area (Å²) in [6.45, 7) is 0. The van der Waals surface area contributed by atoms with Crippen LogP contribution in [-0.2, 0) is 4.79 Å². The number of imidazole rings is 1. The van der Waals surface area contributed by atoms with E-state index in [1.165, 1.54) is 41.0 Å². The van der Waals surface area contributed by atoms with Gasteiger partial charge in [-0.3, -0.25) is 9.59 Å². The second kappa shape index (κ2) is 9.32. The van der Waals surface area contributed by atoms with E-state index in [4.69, 9.17) is 0 Å². The predicted octanol–water partition coefficient (Wildman–Crippen LogP) is 4.22. The fourth-order valence-corrected chi connectivity index (χ4v) is 4.35. The number of benzene rings is 3. The number of fused-ring (bicyclic) bond motifs is 2. The van der Waals surface area contributed by atoms with Gasteiger partial charge in [-0.2, -0.15) is 5.10 Å². The van der Waals surface area contributed by atoms with Crippen LogP contribution in [0.3, 0.4) is 0 Å². The number of anilines is 1. The number of benzodiazepines with no additional fused rings is 1. The van der Waals surface area contributed by atoms with E-state index in [0.717, 1.165) is 0 Å². The van der Waals surface area contributed by atoms with Crippen LogP contribution in [0.4, 0.5) is 14.5 Å². The van der Waals surface area contributed by atoms with E-state index < -0.39 is 29.6 Å². The van der Waals surface area contributed by atoms with Crippen molar-refractivity contribution in [2.75, 3.05) is 5.32 Å². The molecule has 0 saturated heterocycles. The van der Waals surface area contributed by atoms with Crippen LogP contribution in [0.15, 0.2) is 96.1 Å². The van der Waals surface area contributed by atoms with Crippen molar-refractivity contribution in [1.82, 2.24) is 19.9 Å². The molecule has 0 saturated carbocycles. The Hall–Kier alpha value is -5.25. The third-order valence-electron chi connectivity index (χ3n) is 6.08. The van der Waals surface area contributed by atoms with Gasteiger partial charge >= 0.3 is 0 Å². The van der Waals surface area contributed by atoms with Crippen LogP contribution in [0.25, 0.3) is 16.9 Å². The van der Waals surface area contributed by atoms with E-state index in [1.54, 1.807) is 48.5 Å². The highest BCUT2D eigenvalue weighted by atomic mass is 19.1. The lowest BCUT2D eigenvalue weighted by Crippen LogP contribution is -2.43. The summed E-state index contributed by atoms with van der Waals surface area (Å²) in [5.41, 5.74) is 1.64. The Bertz CT molecular complexity index is 1750. The van der Waals surface area contributed by atoms with E-state index in [1.807, 2.05) is 6.07 Å². The third-order valence-corrected chi connectivity index (χ3v) is 6.08. The average molecular weight is 508 g/mol. The molecule has 0 spiro atoms. The van der Waals surface area contributed by atoms with Crippen LogP contribution < -0.4 is 10.6 Å². The molecule has 5 aromatic rings. The smallest absolute Gasteiger partial charge is 0.274 e. The number of carbonyl (C=O) groups excluding carboxylic acids is 2. The second-order valence-corrected chi connectivity index (χ2v) is 8.45. The van der Waals surface area contributed by atoms with Gasteiger partial charge in [0.1, 0.15) is 17.3 Å². The highest BCUT2D eigenvalue weighted by Crippen LogP contribution is 2.28. The molecule has 3 heterocycles. The molecule has 10 heteroatoms. The molecule has 0 aliphatic carbocycles. The first-order chi connectivity index (χ1) is 18.5. The number of nitrogens with one attached hydrogen (secondary N) is 2. The zero-order valence-corrected chi connectivity index (χ0v) is 19.6. The molecule has 38 heavy (non-hydrogen) atoms. The first-order valence-corrected chi connectivity index (χ1v) is 11.6. The maximum absolute atomic E-state index is 14.8. The van der Waals surface area contributed by atoms with Crippen molar-refractivity contribution in [3.05, 3.63) is 120 Å². The summed E-state index contributed by atoms with van der Waals surface area (Å²) in [5.74, 6) is -2.73. The van der Waals surface area contributed by atoms with Gasteiger partial charge in [-0.1, -0.05) is 54.6 Å². The lowest BCUT2D eigenvalue weighted by Gasteiger charge is -2.14. The minimum absolute atomic E-state index is 0.0413. The predicted molar refractivity (Wildman–Crippen MR) is 137 cm³/mol. The maximum atomic E-state index is 14.8. The lowest BCUT2D eigenvalue weighted by molar-refractivity contribution is -0.117. The summed E-state index contributed by atoms with van der Waals surface area (Å²) in [4.78, 5) is 35.8. The minimum atomic E-state index is -1.44. The van der Waals surface area contributed by atoms with Crippen LogP contribution >= 0.6 is 0 Å². The number of hydrogen-bond acceptors (Lipinski definition) is 5. The minimum Gasteiger partial charge on any atom is -0.321 e. The first kappa shape index (κ1) is 23.2. The zero-order chi connectivity index (χ0) is 26.2. The molecule has 0 fully saturated rings. The summed E-state index contributed by atoms with van der Waals surface area (Å²) in [6, 6.07) is 22.5. The fourth-order valence-electron chi connectivity index (χ4n) is 4.35. The molecule has 0 radical (unpaired) electrons. The third kappa shape index (κ3) is 3.97. The van der Waals surface area contributed by atoms with Crippen molar-refractivity contribution < 1.29 is 18.4 Å². The number of aromatic nitrogens is 3. The Balaban J connectivity index is 1.46. The molecule has 2 aromatic heterocycles. The van der Waals surface area contributed by atoms with Gasteiger partial charge in [-0.25, -0.2) is 23.3 Å². The standard InChI is InChI=1S/C28H18F2N6O2/c29-19-12-5-4-10-17(19)24-25(36-21(32-24)14-7-15-31-36)27(37)35-26-28(38)34-23-18(11-6-13-20(23)30)22(33-26)16-8-2-1-3-9-16/h1-15,26H,(H,34,38)(H,35,37)/t26-/m1/s1. The molecule has 8 nitrogen and oxygen atoms in total. The molecule has 2 N–H and O–H groups in total. The highest BCUT2D eigenvalue weighted by Gasteiger charge is 2.31. The summed E-state index contributed by atoms with van der Waals surface area (Å²) in [7, 11) is 0. The number of carbonyl (C=O) groups is 2. The van der Waals surface area contributed by atoms with Crippen molar-refractivity contribution in [3.8, 4) is 11.3 Å². The van der Waals surface area contributed by atoms with E-state index >= 15 is 0 Å². The summed E-state index contributed by atoms with van der Waals surface area (Å²) >= 11 is 0. The fraction of sp³-hybridized carbons (Fsp3) is 0.0357. The van der Waals surface area contributed by atoms with Crippen LogP contribution in [0.5, 0.6) is 0 Å². The molecule has 186 valence electrons. The summed E-state index contributed by atoms with van der Waals surface area (Å²) in [6.07, 6.45) is 0.0206. The van der Waals surface area contributed by atoms with Gasteiger partial charge in [0.05, 0.1) is 11.4 Å². The second-order valence-electron chi connectivity index (χ2n) is 8.45. The van der Waals surface area contributed by atoms with Crippen LogP contribution in [0, 0.1) is 11.6 Å². The van der Waals surface area contributed by atoms with Gasteiger partial charge in [0.2, 0.25) is 6.17 Å². The summed E-state index contributed by atoms with van der Waals surface area (Å²) in [5, 5.41) is 9.35. The van der Waals surface area contributed by atoms with E-state index in [9.17, 15) is 18.4 Å². The highest BCUT2D eigenvalue weighted by molar-refractivity contribution is 6.20. The number of amides is 2. The van der Waals surface area contributed by atoms with Gasteiger partial charge in [0.15, 0.2) is 11.3 Å². The Morgan fingerprint density at radius 2 is 1.61 bits per heavy atom. The Kier molecular flexibility index (Phi) is 5.68. The summed E-state index contributed by atoms with van der Waals surface area (Å²) < 4.78 is 30.8. The number of hydrogen-bond donors (Lipinski definition) is 2. The normalized spacial score (nSPS) is 14.8. The molecule has 1 aliphatic heterocycles. The number of nitrogens with zero attached hydrogens (tertiary/aromatic N) is 4. The number of para-hydroxylation sites is 1. The van der Waals surface area contributed by atoms with Crippen molar-refractivity contribution in [3.63, 3.8) is 0 Å². The van der Waals surface area contributed by atoms with Crippen LogP contribution in [0.1, 0.15) is 21.6 Å². The molecule has 6 rings (SSSR count). The van der Waals surface area contributed by atoms with Gasteiger partial charge in [-0.05, 0) is 30.3 Å². The van der Waals surface area contributed by atoms with E-state index in [0.29, 0.717) is 22.5 Å². The van der Waals surface area contributed by atoms with E-state index in [2.05, 4.69) is 25.7 Å². The van der Waals surface area contributed by atoms with Gasteiger partial charge < -0.3 is 10.6 Å². The van der Waals surface area contributed by atoms with Gasteiger partial charge in [0, 0.05) is 22.9 Å². The molecular formula is C28H18F2N6O2. The molecule has 2 amide bonds. The van der Waals surface area contributed by atoms with Crippen LogP contribution in [0.2, 0.25) is 0 Å². The van der Waals surface area contributed by atoms with Gasteiger partial charge in [-0.15, -0.1) is 0 Å². The monoisotopic (exact) mass is 508 g/mol. The molecule has 1 atom stereocenters. The number of rotatable bonds is 4. The molecular weight excluding hydrogens is 490 g/mol. The average Bonchev–Trinajstić information content (AvgIpc) is 3.25. The topological polar surface area (TPSA) is 101 Å². The Labute approximate surface area is 214 Å². The Morgan fingerprint density at radius 1 is 0.868 bits per heavy atom. The molecule has 0 bridgehead atoms. The maximum Gasteiger partial charge on any atom is 0.274 e. The number of aliphatic imine (C=N–C) groups is 1. The van der Waals surface area contributed by atoms with Crippen LogP contribution in [-0.4, -0.2) is 38.3 Å². The largest absolute Gasteiger partial charge is 0.321 e. The van der Waals surface area contributed by atoms with E-state index in [-0.39, 0.29) is 22.6 Å². The quantitative estimate of drug-likeness (QED) is 0.380. The molecule has 0 unspecified atom stereocenters. The first-order valence-electron chi connectivity index (χ1n) is 11.6. The number of halogens is 2. The zero-order valence-electron chi connectivity index (χ0n) is 19.6. The lowest BCUT2D eigenvalue weighted by atomic mass is 10.0. The SMILES string of the molecule is O=C(N[C@H]1N=C(c2ccccc2)c2cccc(F)c2NC1=O)c1c(-c2ccccc2F)nc2cccnn12. The molecule has 3 aromatic carbocycles. The Morgan fingerprint density at radius 3 is 2.42 bits per heavy atom.